The van der Waals surface area contributed by atoms with Gasteiger partial charge in [-0.15, -0.1) is 0 Å². The Kier molecular flexibility index (Phi) is 18.2. The number of hydrogen-bond acceptors (Lipinski definition) is 6. The van der Waals surface area contributed by atoms with E-state index in [1.54, 1.807) is 0 Å². The largest absolute Gasteiger partial charge is 0.390 e. The van der Waals surface area contributed by atoms with Crippen molar-refractivity contribution in [1.82, 2.24) is 5.32 Å². The summed E-state index contributed by atoms with van der Waals surface area (Å²) in [5, 5.41) is 2.57. The van der Waals surface area contributed by atoms with E-state index < -0.39 is 24.0 Å². The van der Waals surface area contributed by atoms with Gasteiger partial charge in [-0.1, -0.05) is 71.1 Å². The predicted octanol–water partition coefficient (Wildman–Crippen LogP) is 2.64. The number of unbranched alkanes of at least 4 members (excludes halogenated alkanes) is 10. The number of carbonyl (C=O) groups excluding carboxylic acids is 3. The van der Waals surface area contributed by atoms with Crippen LogP contribution in [0.4, 0.5) is 0 Å². The van der Waals surface area contributed by atoms with Crippen molar-refractivity contribution < 1.29 is 19.1 Å². The molecule has 1 amide bonds. The Morgan fingerprint density at radius 3 is 1.91 bits per heavy atom. The zero-order chi connectivity index (χ0) is 24.2. The monoisotopic (exact) mass is 455 g/mol. The van der Waals surface area contributed by atoms with Crippen LogP contribution in [-0.4, -0.2) is 42.4 Å². The van der Waals surface area contributed by atoms with Crippen LogP contribution in [0.2, 0.25) is 0 Å². The molecule has 0 saturated carbocycles. The number of ether oxygens (including phenoxy) is 1. The molecule has 9 heteroatoms. The number of nitrogens with zero attached hydrogens (tertiary/aromatic N) is 1. The smallest absolute Gasteiger partial charge is 0.336 e. The van der Waals surface area contributed by atoms with Crippen molar-refractivity contribution in [2.24, 2.45) is 22.2 Å². The average molecular weight is 456 g/mol. The van der Waals surface area contributed by atoms with Gasteiger partial charge in [-0.25, -0.2) is 9.59 Å². The molecule has 0 fully saturated rings. The van der Waals surface area contributed by atoms with Crippen molar-refractivity contribution in [3.8, 4) is 0 Å². The summed E-state index contributed by atoms with van der Waals surface area (Å²) < 4.78 is 4.76. The highest BCUT2D eigenvalue weighted by Crippen LogP contribution is 2.12. The highest BCUT2D eigenvalue weighted by molar-refractivity contribution is 5.92. The Hall–Kier alpha value is -2.16. The topological polar surface area (TPSA) is 163 Å². The van der Waals surface area contributed by atoms with Gasteiger partial charge in [0.1, 0.15) is 12.1 Å². The van der Waals surface area contributed by atoms with Crippen LogP contribution in [0.15, 0.2) is 4.99 Å². The summed E-state index contributed by atoms with van der Waals surface area (Å²) in [4.78, 5) is 39.7. The quantitative estimate of drug-likeness (QED) is 0.0764. The molecule has 2 atom stereocenters. The van der Waals surface area contributed by atoms with Gasteiger partial charge in [0.25, 0.3) is 0 Å². The molecular formula is C23H45N5O4. The average Bonchev–Trinajstić information content (AvgIpc) is 2.74. The van der Waals surface area contributed by atoms with Crippen LogP contribution in [0.1, 0.15) is 104 Å². The molecular weight excluding hydrogens is 410 g/mol. The molecule has 0 aliphatic heterocycles. The van der Waals surface area contributed by atoms with E-state index in [0.29, 0.717) is 19.4 Å². The Morgan fingerprint density at radius 1 is 0.844 bits per heavy atom. The minimum atomic E-state index is -0.951. The van der Waals surface area contributed by atoms with Gasteiger partial charge in [-0.05, 0) is 26.2 Å². The van der Waals surface area contributed by atoms with E-state index >= 15 is 0 Å². The van der Waals surface area contributed by atoms with Gasteiger partial charge in [0.15, 0.2) is 5.96 Å². The van der Waals surface area contributed by atoms with Crippen LogP contribution in [0, 0.1) is 0 Å². The summed E-state index contributed by atoms with van der Waals surface area (Å²) in [5.74, 6) is -1.90. The normalized spacial score (nSPS) is 12.6. The summed E-state index contributed by atoms with van der Waals surface area (Å²) in [7, 11) is 0. The summed E-state index contributed by atoms with van der Waals surface area (Å²) >= 11 is 0. The van der Waals surface area contributed by atoms with Crippen molar-refractivity contribution in [3.63, 3.8) is 0 Å². The van der Waals surface area contributed by atoms with Gasteiger partial charge in [0, 0.05) is 13.0 Å². The summed E-state index contributed by atoms with van der Waals surface area (Å²) in [5.41, 5.74) is 16.1. The van der Waals surface area contributed by atoms with Crippen molar-refractivity contribution in [2.75, 3.05) is 6.54 Å². The SMILES string of the molecule is CCCCCCCCCCCCCC(=O)N[C@@H](C)C(=O)OC(=O)[C@@H](N)CCCN=C(N)N. The second-order valence-corrected chi connectivity index (χ2v) is 8.37. The van der Waals surface area contributed by atoms with Crippen LogP contribution in [0.3, 0.4) is 0 Å². The van der Waals surface area contributed by atoms with Gasteiger partial charge in [-0.2, -0.15) is 0 Å². The molecule has 32 heavy (non-hydrogen) atoms. The molecule has 0 bridgehead atoms. The fourth-order valence-electron chi connectivity index (χ4n) is 3.22. The maximum atomic E-state index is 12.0. The number of nitrogens with two attached hydrogens (primary N) is 3. The van der Waals surface area contributed by atoms with E-state index in [0.717, 1.165) is 19.3 Å². The van der Waals surface area contributed by atoms with Gasteiger partial charge in [-0.3, -0.25) is 9.79 Å². The summed E-state index contributed by atoms with van der Waals surface area (Å²) in [6.45, 7) is 4.05. The third-order valence-electron chi connectivity index (χ3n) is 5.21. The number of carbonyl (C=O) groups is 3. The van der Waals surface area contributed by atoms with E-state index in [-0.39, 0.29) is 18.3 Å². The first kappa shape index (κ1) is 29.8. The minimum absolute atomic E-state index is 0.0333. The van der Waals surface area contributed by atoms with E-state index in [1.807, 2.05) is 0 Å². The van der Waals surface area contributed by atoms with Crippen molar-refractivity contribution >= 4 is 23.8 Å². The first-order chi connectivity index (χ1) is 15.3. The first-order valence-corrected chi connectivity index (χ1v) is 12.1. The summed E-state index contributed by atoms with van der Waals surface area (Å²) in [6, 6.07) is -1.86. The molecule has 0 aromatic carbocycles. The standard InChI is InChI=1S/C23H45N5O4/c1-3-4-5-6-7-8-9-10-11-12-13-16-20(29)28-18(2)21(30)32-22(31)19(24)15-14-17-27-23(25)26/h18-19H,3-17,24H2,1-2H3,(H,28,29)(H4,25,26,27)/t18-,19-/m0/s1. The van der Waals surface area contributed by atoms with E-state index in [9.17, 15) is 14.4 Å². The lowest BCUT2D eigenvalue weighted by Crippen LogP contribution is -2.43. The third-order valence-corrected chi connectivity index (χ3v) is 5.21. The number of rotatable bonds is 19. The van der Waals surface area contributed by atoms with Crippen LogP contribution in [-0.2, 0) is 19.1 Å². The van der Waals surface area contributed by atoms with E-state index in [2.05, 4.69) is 17.2 Å². The summed E-state index contributed by atoms with van der Waals surface area (Å²) in [6.07, 6.45) is 14.4. The van der Waals surface area contributed by atoms with Crippen LogP contribution in [0.5, 0.6) is 0 Å². The zero-order valence-corrected chi connectivity index (χ0v) is 20.1. The molecule has 0 heterocycles. The lowest BCUT2D eigenvalue weighted by atomic mass is 10.1. The van der Waals surface area contributed by atoms with Crippen molar-refractivity contribution in [1.29, 1.82) is 0 Å². The zero-order valence-electron chi connectivity index (χ0n) is 20.1. The van der Waals surface area contributed by atoms with Gasteiger partial charge < -0.3 is 27.3 Å². The Labute approximate surface area is 193 Å². The molecule has 0 saturated heterocycles. The fourth-order valence-corrected chi connectivity index (χ4v) is 3.22. The number of guanidine groups is 1. The number of hydrogen-bond donors (Lipinski definition) is 4. The van der Waals surface area contributed by atoms with Crippen molar-refractivity contribution in [3.05, 3.63) is 0 Å². The minimum Gasteiger partial charge on any atom is -0.390 e. The maximum absolute atomic E-state index is 12.0. The number of amides is 1. The first-order valence-electron chi connectivity index (χ1n) is 12.1. The Bertz CT molecular complexity index is 565. The second-order valence-electron chi connectivity index (χ2n) is 8.37. The third kappa shape index (κ3) is 17.5. The highest BCUT2D eigenvalue weighted by atomic mass is 16.6. The molecule has 7 N–H and O–H groups in total. The lowest BCUT2D eigenvalue weighted by Gasteiger charge is -2.14. The Balaban J connectivity index is 3.82. The molecule has 0 spiro atoms. The number of aliphatic imine (C=N–C) groups is 1. The molecule has 0 aliphatic rings. The predicted molar refractivity (Wildman–Crippen MR) is 128 cm³/mol. The molecule has 186 valence electrons. The Morgan fingerprint density at radius 2 is 1.38 bits per heavy atom. The lowest BCUT2D eigenvalue weighted by molar-refractivity contribution is -0.162. The van der Waals surface area contributed by atoms with E-state index in [1.165, 1.54) is 58.3 Å². The number of nitrogens with one attached hydrogen (secondary N) is 1. The molecule has 0 aromatic rings. The molecule has 0 rings (SSSR count). The van der Waals surface area contributed by atoms with Crippen LogP contribution >= 0.6 is 0 Å². The molecule has 0 radical (unpaired) electrons. The van der Waals surface area contributed by atoms with Crippen LogP contribution < -0.4 is 22.5 Å². The second kappa shape index (κ2) is 19.5. The van der Waals surface area contributed by atoms with E-state index in [4.69, 9.17) is 21.9 Å². The maximum Gasteiger partial charge on any atom is 0.336 e. The molecule has 0 aliphatic carbocycles. The molecule has 9 nitrogen and oxygen atoms in total. The number of esters is 2. The van der Waals surface area contributed by atoms with Crippen molar-refractivity contribution in [2.45, 2.75) is 116 Å². The van der Waals surface area contributed by atoms with Gasteiger partial charge in [0.2, 0.25) is 5.91 Å². The highest BCUT2D eigenvalue weighted by Gasteiger charge is 2.23. The fraction of sp³-hybridized carbons (Fsp3) is 0.826. The molecule has 0 aromatic heterocycles. The van der Waals surface area contributed by atoms with Crippen LogP contribution in [0.25, 0.3) is 0 Å². The van der Waals surface area contributed by atoms with Gasteiger partial charge >= 0.3 is 11.9 Å². The molecule has 0 unspecified atom stereocenters. The van der Waals surface area contributed by atoms with Gasteiger partial charge in [0.05, 0.1) is 0 Å².